The first-order valence-electron chi connectivity index (χ1n) is 7.09. The number of methoxy groups -OCH3 is 2. The molecule has 1 N–H and O–H groups in total. The number of nitrogens with one attached hydrogen (secondary N) is 1. The second-order valence-electron chi connectivity index (χ2n) is 4.54. The van der Waals surface area contributed by atoms with E-state index in [1.165, 1.54) is 20.3 Å². The van der Waals surface area contributed by atoms with Crippen LogP contribution in [0.4, 0.5) is 10.7 Å². The normalized spacial score (nSPS) is 9.74. The molecule has 11 nitrogen and oxygen atoms in total. The van der Waals surface area contributed by atoms with Crippen molar-refractivity contribution in [3.05, 3.63) is 41.8 Å². The molecule has 0 fully saturated rings. The van der Waals surface area contributed by atoms with Gasteiger partial charge in [-0.25, -0.2) is 9.78 Å². The lowest BCUT2D eigenvalue weighted by molar-refractivity contribution is 0.259. The lowest BCUT2D eigenvalue weighted by Crippen LogP contribution is -2.10. The van der Waals surface area contributed by atoms with Crippen molar-refractivity contribution in [3.63, 3.8) is 0 Å². The molecule has 2 amide bonds. The van der Waals surface area contributed by atoms with Gasteiger partial charge in [0, 0.05) is 12.4 Å². The van der Waals surface area contributed by atoms with Gasteiger partial charge in [-0.1, -0.05) is 22.0 Å². The van der Waals surface area contributed by atoms with E-state index in [1.807, 2.05) is 34.1 Å². The number of urea groups is 1. The minimum absolute atomic E-state index is 0.149. The SMILES string of the molecule is COc1cc(OC)nc(NC(=O)N=S(=O)=O)n1.Clc1cn2ccccc2n1. The van der Waals surface area contributed by atoms with Crippen molar-refractivity contribution in [1.29, 1.82) is 0 Å². The van der Waals surface area contributed by atoms with Crippen molar-refractivity contribution in [2.24, 2.45) is 4.36 Å². The molecule has 0 bridgehead atoms. The Kier molecular flexibility index (Phi) is 7.02. The highest BCUT2D eigenvalue weighted by molar-refractivity contribution is 7.62. The van der Waals surface area contributed by atoms with E-state index in [-0.39, 0.29) is 17.7 Å². The number of halogens is 1. The van der Waals surface area contributed by atoms with Crippen LogP contribution in [0.1, 0.15) is 0 Å². The summed E-state index contributed by atoms with van der Waals surface area (Å²) < 4.78 is 34.5. The zero-order valence-electron chi connectivity index (χ0n) is 14.0. The summed E-state index contributed by atoms with van der Waals surface area (Å²) in [6.07, 6.45) is 3.69. The molecule has 3 rings (SSSR count). The highest BCUT2D eigenvalue weighted by atomic mass is 35.5. The Bertz CT molecular complexity index is 1020. The summed E-state index contributed by atoms with van der Waals surface area (Å²) >= 11 is 5.65. The molecule has 142 valence electrons. The predicted octanol–water partition coefficient (Wildman–Crippen LogP) is 2.08. The first-order valence-corrected chi connectivity index (χ1v) is 8.50. The van der Waals surface area contributed by atoms with Crippen LogP contribution in [-0.4, -0.2) is 48.0 Å². The molecular weight excluding hydrogens is 400 g/mol. The molecule has 0 spiro atoms. The molecule has 3 aromatic heterocycles. The number of aromatic nitrogens is 4. The van der Waals surface area contributed by atoms with E-state index >= 15 is 0 Å². The van der Waals surface area contributed by atoms with E-state index in [9.17, 15) is 13.2 Å². The number of fused-ring (bicyclic) bond motifs is 1. The lowest BCUT2D eigenvalue weighted by atomic mass is 10.5. The van der Waals surface area contributed by atoms with Crippen LogP contribution < -0.4 is 14.8 Å². The molecule has 0 saturated carbocycles. The smallest absolute Gasteiger partial charge is 0.362 e. The topological polar surface area (TPSA) is 137 Å². The largest absolute Gasteiger partial charge is 0.481 e. The maximum atomic E-state index is 11.0. The molecule has 0 radical (unpaired) electrons. The number of pyridine rings is 1. The minimum atomic E-state index is -2.84. The van der Waals surface area contributed by atoms with Crippen molar-refractivity contribution in [1.82, 2.24) is 19.4 Å². The molecule has 3 aromatic rings. The number of carbonyl (C=O) groups is 1. The summed E-state index contributed by atoms with van der Waals surface area (Å²) in [4.78, 5) is 22.5. The summed E-state index contributed by atoms with van der Waals surface area (Å²) in [5.41, 5.74) is 0.882. The van der Waals surface area contributed by atoms with Gasteiger partial charge in [-0.2, -0.15) is 18.4 Å². The number of anilines is 1. The summed E-state index contributed by atoms with van der Waals surface area (Å²) in [6.45, 7) is 0. The van der Waals surface area contributed by atoms with Crippen LogP contribution in [0.15, 0.2) is 41.0 Å². The van der Waals surface area contributed by atoms with Gasteiger partial charge >= 0.3 is 16.5 Å². The molecule has 3 heterocycles. The van der Waals surface area contributed by atoms with E-state index in [0.717, 1.165) is 5.65 Å². The van der Waals surface area contributed by atoms with Gasteiger partial charge in [-0.05, 0) is 12.1 Å². The highest BCUT2D eigenvalue weighted by Gasteiger charge is 2.08. The number of nitrogens with zero attached hydrogens (tertiary/aromatic N) is 5. The number of rotatable bonds is 3. The summed E-state index contributed by atoms with van der Waals surface area (Å²) in [6, 6.07) is 6.04. The summed E-state index contributed by atoms with van der Waals surface area (Å²) in [5, 5.41) is 2.58. The van der Waals surface area contributed by atoms with Crippen molar-refractivity contribution in [2.75, 3.05) is 19.5 Å². The van der Waals surface area contributed by atoms with Crippen molar-refractivity contribution in [3.8, 4) is 11.8 Å². The van der Waals surface area contributed by atoms with Crippen LogP contribution in [0.3, 0.4) is 0 Å². The Morgan fingerprint density at radius 1 is 1.19 bits per heavy atom. The molecule has 0 aliphatic carbocycles. The molecule has 0 atom stereocenters. The second-order valence-corrected chi connectivity index (χ2v) is 5.55. The average molecular weight is 413 g/mol. The molecule has 0 aliphatic rings. The van der Waals surface area contributed by atoms with Crippen molar-refractivity contribution in [2.45, 2.75) is 0 Å². The third-order valence-corrected chi connectivity index (χ3v) is 3.31. The molecule has 0 unspecified atom stereocenters. The average Bonchev–Trinajstić information content (AvgIpc) is 3.01. The Morgan fingerprint density at radius 3 is 2.41 bits per heavy atom. The van der Waals surface area contributed by atoms with Crippen molar-refractivity contribution >= 4 is 39.7 Å². The van der Waals surface area contributed by atoms with Gasteiger partial charge < -0.3 is 13.9 Å². The van der Waals surface area contributed by atoms with Crippen LogP contribution in [0, 0.1) is 0 Å². The number of carbonyl (C=O) groups excluding carboxylic acids is 1. The summed E-state index contributed by atoms with van der Waals surface area (Å²) in [7, 11) is -0.108. The van der Waals surface area contributed by atoms with E-state index < -0.39 is 16.5 Å². The van der Waals surface area contributed by atoms with E-state index in [0.29, 0.717) is 5.15 Å². The molecule has 0 aliphatic heterocycles. The minimum Gasteiger partial charge on any atom is -0.481 e. The Balaban J connectivity index is 0.000000219. The highest BCUT2D eigenvalue weighted by Crippen LogP contribution is 2.17. The van der Waals surface area contributed by atoms with Gasteiger partial charge in [-0.3, -0.25) is 5.32 Å². The van der Waals surface area contributed by atoms with Gasteiger partial charge in [0.15, 0.2) is 0 Å². The van der Waals surface area contributed by atoms with E-state index in [2.05, 4.69) is 19.3 Å². The van der Waals surface area contributed by atoms with Crippen LogP contribution in [0.25, 0.3) is 5.65 Å². The van der Waals surface area contributed by atoms with Crippen molar-refractivity contribution < 1.29 is 22.7 Å². The number of imidazole rings is 1. The number of amides is 2. The molecule has 0 aromatic carbocycles. The Hall–Kier alpha value is -3.25. The monoisotopic (exact) mass is 412 g/mol. The molecule has 27 heavy (non-hydrogen) atoms. The number of hydrogen-bond donors (Lipinski definition) is 1. The second kappa shape index (κ2) is 9.45. The van der Waals surface area contributed by atoms with Crippen LogP contribution in [0.2, 0.25) is 5.15 Å². The van der Waals surface area contributed by atoms with E-state index in [1.54, 1.807) is 6.20 Å². The van der Waals surface area contributed by atoms with Gasteiger partial charge in [0.1, 0.15) is 10.8 Å². The van der Waals surface area contributed by atoms with Gasteiger partial charge in [0.05, 0.1) is 20.3 Å². The maximum absolute atomic E-state index is 11.0. The zero-order chi connectivity index (χ0) is 19.8. The van der Waals surface area contributed by atoms with E-state index in [4.69, 9.17) is 21.1 Å². The third-order valence-electron chi connectivity index (χ3n) is 2.81. The number of ether oxygens (including phenoxy) is 2. The number of hydrogen-bond acceptors (Lipinski definition) is 8. The fourth-order valence-electron chi connectivity index (χ4n) is 1.76. The Morgan fingerprint density at radius 2 is 1.85 bits per heavy atom. The van der Waals surface area contributed by atoms with Gasteiger partial charge in [0.25, 0.3) is 0 Å². The quantitative estimate of drug-likeness (QED) is 0.690. The van der Waals surface area contributed by atoms with Crippen LogP contribution >= 0.6 is 11.6 Å². The van der Waals surface area contributed by atoms with Crippen LogP contribution in [0.5, 0.6) is 11.8 Å². The standard InChI is InChI=1S/C7H5ClN2.C7H8N4O5S/c8-6-5-10-4-2-1-3-7(10)9-6;1-15-4-3-5(16-2)9-6(8-4)10-7(12)11-17(13)14/h1-5H;3H,1-2H3,(H,8,9,10,12). The molecule has 0 saturated heterocycles. The first-order chi connectivity index (χ1) is 12.9. The fraction of sp³-hybridized carbons (Fsp3) is 0.143. The third kappa shape index (κ3) is 6.20. The molecule has 13 heteroatoms. The van der Waals surface area contributed by atoms with Gasteiger partial charge in [-0.15, -0.1) is 0 Å². The summed E-state index contributed by atoms with van der Waals surface area (Å²) in [5.74, 6) is 0.117. The first kappa shape index (κ1) is 20.1. The zero-order valence-corrected chi connectivity index (χ0v) is 15.6. The molecular formula is C14H13ClN6O5S. The Labute approximate surface area is 159 Å². The predicted molar refractivity (Wildman–Crippen MR) is 95.7 cm³/mol. The lowest BCUT2D eigenvalue weighted by Gasteiger charge is -2.05. The van der Waals surface area contributed by atoms with Crippen LogP contribution in [-0.2, 0) is 10.5 Å². The fourth-order valence-corrected chi connectivity index (χ4v) is 2.13. The van der Waals surface area contributed by atoms with Gasteiger partial charge in [0.2, 0.25) is 17.7 Å². The maximum Gasteiger partial charge on any atom is 0.362 e.